The first-order chi connectivity index (χ1) is 5.57. The van der Waals surface area contributed by atoms with Crippen molar-refractivity contribution in [3.05, 3.63) is 12.2 Å². The molecule has 4 nitrogen and oxygen atoms in total. The normalized spacial score (nSPS) is 9.25. The first-order valence-corrected chi connectivity index (χ1v) is 3.01. The summed E-state index contributed by atoms with van der Waals surface area (Å²) in [6, 6.07) is 0. The summed E-state index contributed by atoms with van der Waals surface area (Å²) in [7, 11) is 0. The maximum absolute atomic E-state index is 10.4. The highest BCUT2D eigenvalue weighted by Crippen LogP contribution is 1.85. The van der Waals surface area contributed by atoms with Crippen molar-refractivity contribution in [2.24, 2.45) is 0 Å². The molecule has 0 aliphatic carbocycles. The van der Waals surface area contributed by atoms with E-state index in [1.807, 2.05) is 5.92 Å². The summed E-state index contributed by atoms with van der Waals surface area (Å²) in [6.45, 7) is 0. The quantitative estimate of drug-likeness (QED) is 0.271. The van der Waals surface area contributed by atoms with Crippen molar-refractivity contribution in [3.8, 4) is 12.3 Å². The minimum absolute atomic E-state index is 0.116. The van der Waals surface area contributed by atoms with E-state index in [0.717, 1.165) is 12.2 Å². The summed E-state index contributed by atoms with van der Waals surface area (Å²) < 4.78 is 0. The number of hydrogen-bond acceptors (Lipinski definition) is 3. The van der Waals surface area contributed by atoms with Gasteiger partial charge in [0.1, 0.15) is 0 Å². The molecule has 0 atom stereocenters. The molecule has 4 heteroatoms. The Kier molecular flexibility index (Phi) is 4.09. The molecule has 0 aromatic rings. The maximum Gasteiger partial charge on any atom is 0.376 e. The van der Waals surface area contributed by atoms with Gasteiger partial charge >= 0.3 is 5.97 Å². The molecule has 1 N–H and O–H groups in total. The molecule has 0 radical (unpaired) electrons. The van der Waals surface area contributed by atoms with Gasteiger partial charge in [0.25, 0.3) is 5.78 Å². The number of ketones is 2. The molecule has 0 saturated heterocycles. The van der Waals surface area contributed by atoms with Crippen molar-refractivity contribution in [3.63, 3.8) is 0 Å². The first-order valence-electron chi connectivity index (χ1n) is 3.01. The molecule has 0 saturated carbocycles. The summed E-state index contributed by atoms with van der Waals surface area (Å²) in [5, 5.41) is 8.08. The molecule has 62 valence electrons. The summed E-state index contributed by atoms with van der Waals surface area (Å²) in [5.41, 5.74) is 0. The van der Waals surface area contributed by atoms with E-state index in [2.05, 4.69) is 0 Å². The van der Waals surface area contributed by atoms with Crippen LogP contribution in [-0.4, -0.2) is 22.6 Å². The summed E-state index contributed by atoms with van der Waals surface area (Å²) in [5.74, 6) is -1.30. The summed E-state index contributed by atoms with van der Waals surface area (Å²) >= 11 is 0. The zero-order valence-corrected chi connectivity index (χ0v) is 6.11. The fourth-order valence-electron chi connectivity index (χ4n) is 0.403. The number of carbonyl (C=O) groups excluding carboxylic acids is 2. The number of terminal acetylenes is 1. The van der Waals surface area contributed by atoms with E-state index in [1.54, 1.807) is 0 Å². The first kappa shape index (κ1) is 10.1. The molecule has 12 heavy (non-hydrogen) atoms. The van der Waals surface area contributed by atoms with E-state index in [9.17, 15) is 14.4 Å². The van der Waals surface area contributed by atoms with E-state index < -0.39 is 17.5 Å². The van der Waals surface area contributed by atoms with Gasteiger partial charge in [-0.3, -0.25) is 9.59 Å². The molecule has 0 amide bonds. The lowest BCUT2D eigenvalue weighted by Crippen LogP contribution is -2.08. The van der Waals surface area contributed by atoms with Crippen LogP contribution in [0.3, 0.4) is 0 Å². The van der Waals surface area contributed by atoms with Crippen LogP contribution in [0.25, 0.3) is 0 Å². The van der Waals surface area contributed by atoms with Crippen molar-refractivity contribution in [2.45, 2.75) is 6.42 Å². The Hall–Kier alpha value is -1.89. The van der Waals surface area contributed by atoms with Crippen LogP contribution >= 0.6 is 0 Å². The minimum atomic E-state index is -1.56. The van der Waals surface area contributed by atoms with Crippen LogP contribution in [0.4, 0.5) is 0 Å². The SMILES string of the molecule is C#CC(=O)CC=CC(=O)C(=O)O. The van der Waals surface area contributed by atoms with Crippen LogP contribution in [0.1, 0.15) is 6.42 Å². The zero-order chi connectivity index (χ0) is 9.56. The third kappa shape index (κ3) is 4.01. The van der Waals surface area contributed by atoms with Crippen LogP contribution in [0.5, 0.6) is 0 Å². The number of hydrogen-bond donors (Lipinski definition) is 1. The Morgan fingerprint density at radius 3 is 2.42 bits per heavy atom. The zero-order valence-electron chi connectivity index (χ0n) is 6.11. The second-order valence-electron chi connectivity index (χ2n) is 1.84. The van der Waals surface area contributed by atoms with Gasteiger partial charge < -0.3 is 5.11 Å². The Morgan fingerprint density at radius 1 is 1.42 bits per heavy atom. The van der Waals surface area contributed by atoms with Crippen molar-refractivity contribution in [2.75, 3.05) is 0 Å². The molecular formula is C8H6O4. The van der Waals surface area contributed by atoms with Crippen LogP contribution in [-0.2, 0) is 14.4 Å². The van der Waals surface area contributed by atoms with Gasteiger partial charge in [0.2, 0.25) is 5.78 Å². The predicted molar refractivity (Wildman–Crippen MR) is 40.2 cm³/mol. The fraction of sp³-hybridized carbons (Fsp3) is 0.125. The summed E-state index contributed by atoms with van der Waals surface area (Å²) in [6.07, 6.45) is 6.53. The molecule has 0 aliphatic heterocycles. The van der Waals surface area contributed by atoms with Gasteiger partial charge in [-0.05, 0) is 12.0 Å². The second kappa shape index (κ2) is 4.85. The Balaban J connectivity index is 3.95. The van der Waals surface area contributed by atoms with Crippen LogP contribution < -0.4 is 0 Å². The van der Waals surface area contributed by atoms with Gasteiger partial charge in [-0.2, -0.15) is 0 Å². The molecule has 0 rings (SSSR count). The number of carbonyl (C=O) groups is 3. The monoisotopic (exact) mass is 166 g/mol. The number of allylic oxidation sites excluding steroid dienone is 1. The van der Waals surface area contributed by atoms with E-state index in [0.29, 0.717) is 0 Å². The Bertz CT molecular complexity index is 280. The lowest BCUT2D eigenvalue weighted by molar-refractivity contribution is -0.146. The smallest absolute Gasteiger partial charge is 0.376 e. The highest BCUT2D eigenvalue weighted by atomic mass is 16.4. The highest BCUT2D eigenvalue weighted by Gasteiger charge is 2.05. The lowest BCUT2D eigenvalue weighted by atomic mass is 10.2. The number of carboxylic acids is 1. The average molecular weight is 166 g/mol. The van der Waals surface area contributed by atoms with Gasteiger partial charge in [0, 0.05) is 6.42 Å². The Labute approximate surface area is 68.9 Å². The van der Waals surface area contributed by atoms with Gasteiger partial charge in [-0.1, -0.05) is 6.08 Å². The number of carboxylic acid groups (broad SMARTS) is 1. The van der Waals surface area contributed by atoms with E-state index in [4.69, 9.17) is 11.5 Å². The molecule has 0 heterocycles. The molecular weight excluding hydrogens is 160 g/mol. The van der Waals surface area contributed by atoms with E-state index in [-0.39, 0.29) is 6.42 Å². The molecule has 0 aromatic heterocycles. The van der Waals surface area contributed by atoms with E-state index in [1.165, 1.54) is 0 Å². The number of Topliss-reactive ketones (excluding diaryl/α,β-unsaturated/α-hetero) is 1. The van der Waals surface area contributed by atoms with Gasteiger partial charge in [-0.15, -0.1) is 6.42 Å². The molecule has 0 fully saturated rings. The number of rotatable bonds is 4. The topological polar surface area (TPSA) is 71.4 Å². The van der Waals surface area contributed by atoms with Crippen molar-refractivity contribution < 1.29 is 19.5 Å². The lowest BCUT2D eigenvalue weighted by Gasteiger charge is -1.83. The fourth-order valence-corrected chi connectivity index (χ4v) is 0.403. The van der Waals surface area contributed by atoms with Crippen LogP contribution in [0, 0.1) is 12.3 Å². The van der Waals surface area contributed by atoms with E-state index >= 15 is 0 Å². The molecule has 0 aromatic carbocycles. The van der Waals surface area contributed by atoms with Crippen molar-refractivity contribution >= 4 is 17.5 Å². The van der Waals surface area contributed by atoms with Crippen molar-refractivity contribution in [1.82, 2.24) is 0 Å². The molecule has 0 spiro atoms. The molecule has 0 bridgehead atoms. The highest BCUT2D eigenvalue weighted by molar-refractivity contribution is 6.37. The minimum Gasteiger partial charge on any atom is -0.475 e. The predicted octanol–water partition coefficient (Wildman–Crippen LogP) is -0.211. The largest absolute Gasteiger partial charge is 0.475 e. The van der Waals surface area contributed by atoms with Crippen molar-refractivity contribution in [1.29, 1.82) is 0 Å². The standard InChI is InChI=1S/C8H6O4/c1-2-6(9)4-3-5-7(10)8(11)12/h1,3,5H,4H2,(H,11,12). The summed E-state index contributed by atoms with van der Waals surface area (Å²) in [4.78, 5) is 30.7. The van der Waals surface area contributed by atoms with Crippen LogP contribution in [0.2, 0.25) is 0 Å². The van der Waals surface area contributed by atoms with Crippen LogP contribution in [0.15, 0.2) is 12.2 Å². The maximum atomic E-state index is 10.4. The third-order valence-corrected chi connectivity index (χ3v) is 0.944. The molecule has 0 aliphatic rings. The Morgan fingerprint density at radius 2 is 2.00 bits per heavy atom. The average Bonchev–Trinajstić information content (AvgIpc) is 2.03. The third-order valence-electron chi connectivity index (χ3n) is 0.944. The van der Waals surface area contributed by atoms with Gasteiger partial charge in [0.05, 0.1) is 0 Å². The number of aliphatic carboxylic acids is 1. The van der Waals surface area contributed by atoms with Gasteiger partial charge in [0.15, 0.2) is 0 Å². The second-order valence-corrected chi connectivity index (χ2v) is 1.84. The van der Waals surface area contributed by atoms with Gasteiger partial charge in [-0.25, -0.2) is 4.79 Å². The molecule has 0 unspecified atom stereocenters.